The molecule has 0 radical (unpaired) electrons. The number of rotatable bonds is 2. The number of nitrogens with zero attached hydrogens (tertiary/aromatic N) is 2. The number of hydrogen-bond acceptors (Lipinski definition) is 3. The van der Waals surface area contributed by atoms with E-state index < -0.39 is 5.41 Å². The summed E-state index contributed by atoms with van der Waals surface area (Å²) in [4.78, 5) is 14.2. The normalized spacial score (nSPS) is 31.5. The first-order chi connectivity index (χ1) is 8.13. The van der Waals surface area contributed by atoms with Crippen molar-refractivity contribution in [2.24, 2.45) is 11.3 Å². The quantitative estimate of drug-likeness (QED) is 0.731. The molecule has 1 saturated carbocycles. The first kappa shape index (κ1) is 12.4. The number of likely N-dealkylation sites (tertiary alicyclic amines) is 1. The van der Waals surface area contributed by atoms with Gasteiger partial charge in [0, 0.05) is 20.2 Å². The molecule has 0 spiro atoms. The lowest BCUT2D eigenvalue weighted by Crippen LogP contribution is -2.53. The topological polar surface area (TPSA) is 53.3 Å². The molecule has 2 fully saturated rings. The highest BCUT2D eigenvalue weighted by atomic mass is 16.5. The van der Waals surface area contributed by atoms with Gasteiger partial charge in [0.1, 0.15) is 5.41 Å². The van der Waals surface area contributed by atoms with Crippen LogP contribution in [0.25, 0.3) is 0 Å². The number of nitriles is 1. The molecule has 1 aliphatic carbocycles. The molecular formula is C13H20N2O2. The van der Waals surface area contributed by atoms with E-state index in [1.165, 1.54) is 0 Å². The monoisotopic (exact) mass is 236 g/mol. The van der Waals surface area contributed by atoms with Gasteiger partial charge in [-0.3, -0.25) is 4.79 Å². The van der Waals surface area contributed by atoms with Crippen molar-refractivity contribution in [3.8, 4) is 6.07 Å². The minimum absolute atomic E-state index is 0.0280. The van der Waals surface area contributed by atoms with Gasteiger partial charge in [-0.2, -0.15) is 5.26 Å². The summed E-state index contributed by atoms with van der Waals surface area (Å²) in [6, 6.07) is 2.22. The average Bonchev–Trinajstić information content (AvgIpc) is 2.29. The second-order valence-electron chi connectivity index (χ2n) is 5.34. The summed E-state index contributed by atoms with van der Waals surface area (Å²) in [5.74, 6) is 0.517. The molecule has 1 amide bonds. The predicted molar refractivity (Wildman–Crippen MR) is 63.1 cm³/mol. The Morgan fingerprint density at radius 1 is 1.53 bits per heavy atom. The van der Waals surface area contributed by atoms with Gasteiger partial charge in [0.2, 0.25) is 5.91 Å². The van der Waals surface area contributed by atoms with Gasteiger partial charge >= 0.3 is 0 Å². The van der Waals surface area contributed by atoms with Crippen LogP contribution in [0.1, 0.15) is 32.6 Å². The predicted octanol–water partition coefficient (Wildman–Crippen LogP) is 1.56. The minimum Gasteiger partial charge on any atom is -0.379 e. The van der Waals surface area contributed by atoms with Gasteiger partial charge in [-0.05, 0) is 31.6 Å². The van der Waals surface area contributed by atoms with Crippen LogP contribution >= 0.6 is 0 Å². The molecule has 1 aliphatic heterocycles. The van der Waals surface area contributed by atoms with Crippen LogP contribution in [-0.2, 0) is 9.53 Å². The van der Waals surface area contributed by atoms with E-state index in [4.69, 9.17) is 4.74 Å². The Kier molecular flexibility index (Phi) is 3.39. The van der Waals surface area contributed by atoms with Crippen LogP contribution in [0.4, 0.5) is 0 Å². The van der Waals surface area contributed by atoms with Crippen LogP contribution in [0.5, 0.6) is 0 Å². The Morgan fingerprint density at radius 3 is 2.71 bits per heavy atom. The highest BCUT2D eigenvalue weighted by Gasteiger charge is 2.47. The molecule has 0 aromatic heterocycles. The summed E-state index contributed by atoms with van der Waals surface area (Å²) >= 11 is 0. The molecule has 17 heavy (non-hydrogen) atoms. The molecule has 4 heteroatoms. The lowest BCUT2D eigenvalue weighted by molar-refractivity contribution is -0.148. The highest BCUT2D eigenvalue weighted by Crippen LogP contribution is 2.42. The fourth-order valence-corrected chi connectivity index (χ4v) is 2.73. The minimum atomic E-state index is -0.709. The highest BCUT2D eigenvalue weighted by molar-refractivity contribution is 5.86. The van der Waals surface area contributed by atoms with Crippen molar-refractivity contribution in [3.63, 3.8) is 0 Å². The molecule has 0 aromatic carbocycles. The van der Waals surface area contributed by atoms with Crippen molar-refractivity contribution < 1.29 is 9.53 Å². The lowest BCUT2D eigenvalue weighted by Gasteiger charge is -2.42. The third kappa shape index (κ3) is 2.04. The van der Waals surface area contributed by atoms with Crippen molar-refractivity contribution in [1.82, 2.24) is 4.90 Å². The molecule has 2 aliphatic rings. The molecule has 4 nitrogen and oxygen atoms in total. The van der Waals surface area contributed by atoms with E-state index in [-0.39, 0.29) is 12.0 Å². The summed E-state index contributed by atoms with van der Waals surface area (Å²) < 4.78 is 5.40. The fourth-order valence-electron chi connectivity index (χ4n) is 2.73. The summed E-state index contributed by atoms with van der Waals surface area (Å²) in [5.41, 5.74) is -0.709. The van der Waals surface area contributed by atoms with Gasteiger partial charge in [0.15, 0.2) is 0 Å². The van der Waals surface area contributed by atoms with Gasteiger partial charge in [-0.15, -0.1) is 0 Å². The first-order valence-electron chi connectivity index (χ1n) is 6.36. The maximum absolute atomic E-state index is 12.3. The molecule has 1 saturated heterocycles. The maximum atomic E-state index is 12.3. The van der Waals surface area contributed by atoms with Gasteiger partial charge in [0.25, 0.3) is 0 Å². The fraction of sp³-hybridized carbons (Fsp3) is 0.846. The number of amides is 1. The summed E-state index contributed by atoms with van der Waals surface area (Å²) in [6.45, 7) is 3.56. The van der Waals surface area contributed by atoms with E-state index in [1.54, 1.807) is 7.11 Å². The van der Waals surface area contributed by atoms with E-state index in [2.05, 4.69) is 13.0 Å². The lowest BCUT2D eigenvalue weighted by atomic mass is 9.68. The van der Waals surface area contributed by atoms with Crippen molar-refractivity contribution in [3.05, 3.63) is 0 Å². The van der Waals surface area contributed by atoms with Crippen molar-refractivity contribution >= 4 is 5.91 Å². The molecular weight excluding hydrogens is 216 g/mol. The largest absolute Gasteiger partial charge is 0.379 e. The van der Waals surface area contributed by atoms with Crippen LogP contribution in [0, 0.1) is 22.7 Å². The smallest absolute Gasteiger partial charge is 0.243 e. The van der Waals surface area contributed by atoms with Crippen LogP contribution in [0.3, 0.4) is 0 Å². The number of hydrogen-bond donors (Lipinski definition) is 0. The zero-order valence-electron chi connectivity index (χ0n) is 10.6. The zero-order chi connectivity index (χ0) is 12.5. The van der Waals surface area contributed by atoms with Crippen molar-refractivity contribution in [2.75, 3.05) is 20.2 Å². The van der Waals surface area contributed by atoms with E-state index in [9.17, 15) is 10.1 Å². The van der Waals surface area contributed by atoms with Crippen LogP contribution in [0.2, 0.25) is 0 Å². The molecule has 94 valence electrons. The summed E-state index contributed by atoms with van der Waals surface area (Å²) in [7, 11) is 1.69. The van der Waals surface area contributed by atoms with E-state index in [0.29, 0.717) is 12.5 Å². The number of carbonyl (C=O) groups excluding carboxylic acids is 1. The number of methoxy groups -OCH3 is 1. The Bertz CT molecular complexity index is 344. The standard InChI is InChI=1S/C13H20N2O2/c1-10-4-7-15(8-11(10)17-2)12(16)13(9-14)5-3-6-13/h10-11H,3-8H2,1-2H3. The first-order valence-corrected chi connectivity index (χ1v) is 6.36. The zero-order valence-corrected chi connectivity index (χ0v) is 10.6. The van der Waals surface area contributed by atoms with Crippen LogP contribution in [-0.4, -0.2) is 37.1 Å². The Hall–Kier alpha value is -1.08. The SMILES string of the molecule is COC1CN(C(=O)C2(C#N)CCC2)CCC1C. The van der Waals surface area contributed by atoms with Crippen LogP contribution < -0.4 is 0 Å². The molecule has 2 unspecified atom stereocenters. The number of piperidine rings is 1. The average molecular weight is 236 g/mol. The summed E-state index contributed by atoms with van der Waals surface area (Å²) in [5, 5.41) is 9.18. The van der Waals surface area contributed by atoms with Gasteiger partial charge in [-0.1, -0.05) is 6.92 Å². The molecule has 1 heterocycles. The van der Waals surface area contributed by atoms with E-state index >= 15 is 0 Å². The molecule has 0 bridgehead atoms. The van der Waals surface area contributed by atoms with Crippen molar-refractivity contribution in [2.45, 2.75) is 38.7 Å². The second-order valence-corrected chi connectivity index (χ2v) is 5.34. The third-order valence-corrected chi connectivity index (χ3v) is 4.31. The van der Waals surface area contributed by atoms with Gasteiger partial charge < -0.3 is 9.64 Å². The molecule has 2 rings (SSSR count). The van der Waals surface area contributed by atoms with Crippen LogP contribution in [0.15, 0.2) is 0 Å². The second kappa shape index (κ2) is 4.66. The summed E-state index contributed by atoms with van der Waals surface area (Å²) in [6.07, 6.45) is 3.53. The Labute approximate surface area is 103 Å². The van der Waals surface area contributed by atoms with E-state index in [1.807, 2.05) is 4.90 Å². The number of ether oxygens (including phenoxy) is 1. The Balaban J connectivity index is 2.03. The van der Waals surface area contributed by atoms with Gasteiger partial charge in [-0.25, -0.2) is 0 Å². The van der Waals surface area contributed by atoms with E-state index in [0.717, 1.165) is 32.2 Å². The third-order valence-electron chi connectivity index (χ3n) is 4.31. The molecule has 0 N–H and O–H groups in total. The van der Waals surface area contributed by atoms with Gasteiger partial charge in [0.05, 0.1) is 12.2 Å². The van der Waals surface area contributed by atoms with Crippen molar-refractivity contribution in [1.29, 1.82) is 5.26 Å². The molecule has 2 atom stereocenters. The maximum Gasteiger partial charge on any atom is 0.243 e. The Morgan fingerprint density at radius 2 is 2.24 bits per heavy atom. The molecule has 0 aromatic rings. The number of carbonyl (C=O) groups is 1.